The molecule has 0 spiro atoms. The zero-order valence-electron chi connectivity index (χ0n) is 10.3. The fraction of sp³-hybridized carbons (Fsp3) is 1.00. The second-order valence-corrected chi connectivity index (χ2v) is 5.65. The first-order valence-corrected chi connectivity index (χ1v) is 6.62. The molecule has 1 aliphatic carbocycles. The fourth-order valence-electron chi connectivity index (χ4n) is 3.85. The molecule has 1 nitrogen and oxygen atoms in total. The van der Waals surface area contributed by atoms with E-state index in [4.69, 9.17) is 0 Å². The second-order valence-electron chi connectivity index (χ2n) is 5.65. The van der Waals surface area contributed by atoms with Gasteiger partial charge in [0.25, 0.3) is 0 Å². The van der Waals surface area contributed by atoms with Gasteiger partial charge in [0.15, 0.2) is 0 Å². The minimum atomic E-state index is -2.14. The van der Waals surface area contributed by atoms with Crippen molar-refractivity contribution in [3.8, 4) is 0 Å². The normalized spacial score (nSPS) is 41.8. The largest absolute Gasteiger partial charge is 0.314 e. The molecule has 0 bridgehead atoms. The maximum absolute atomic E-state index is 12.9. The molecule has 1 saturated heterocycles. The summed E-state index contributed by atoms with van der Waals surface area (Å²) < 4.78 is 25.7. The Balaban J connectivity index is 2.08. The smallest absolute Gasteiger partial charge is 0.241 e. The van der Waals surface area contributed by atoms with Crippen molar-refractivity contribution < 1.29 is 8.78 Å². The maximum Gasteiger partial charge on any atom is 0.241 e. The molecule has 0 radical (unpaired) electrons. The molecule has 0 aromatic heterocycles. The predicted molar refractivity (Wildman–Crippen MR) is 61.6 cm³/mol. The van der Waals surface area contributed by atoms with E-state index in [1.54, 1.807) is 6.92 Å². The molecule has 5 atom stereocenters. The van der Waals surface area contributed by atoms with Crippen molar-refractivity contribution in [2.45, 2.75) is 52.0 Å². The van der Waals surface area contributed by atoms with Crippen molar-refractivity contribution in [2.75, 3.05) is 6.54 Å². The van der Waals surface area contributed by atoms with E-state index in [0.29, 0.717) is 17.9 Å². The van der Waals surface area contributed by atoms with Gasteiger partial charge < -0.3 is 5.32 Å². The van der Waals surface area contributed by atoms with Gasteiger partial charge in [0, 0.05) is 12.0 Å². The minimum Gasteiger partial charge on any atom is -0.314 e. The zero-order chi connectivity index (χ0) is 11.7. The van der Waals surface area contributed by atoms with E-state index in [0.717, 1.165) is 25.8 Å². The highest BCUT2D eigenvalue weighted by molar-refractivity contribution is 4.92. The van der Waals surface area contributed by atoms with Crippen LogP contribution in [0.3, 0.4) is 0 Å². The highest BCUT2D eigenvalue weighted by atomic mass is 19.3. The van der Waals surface area contributed by atoms with Crippen LogP contribution in [0.5, 0.6) is 0 Å². The Morgan fingerprint density at radius 1 is 1.12 bits per heavy atom. The zero-order valence-corrected chi connectivity index (χ0v) is 10.3. The SMILES string of the molecule is CC1NCCC2C1CCCC2C(C)C(F)F. The van der Waals surface area contributed by atoms with E-state index in [1.165, 1.54) is 6.42 Å². The van der Waals surface area contributed by atoms with Gasteiger partial charge in [0.1, 0.15) is 0 Å². The van der Waals surface area contributed by atoms with Crippen LogP contribution < -0.4 is 5.32 Å². The lowest BCUT2D eigenvalue weighted by molar-refractivity contribution is -0.0148. The number of piperidine rings is 1. The van der Waals surface area contributed by atoms with Gasteiger partial charge in [-0.2, -0.15) is 0 Å². The van der Waals surface area contributed by atoms with E-state index >= 15 is 0 Å². The van der Waals surface area contributed by atoms with Gasteiger partial charge in [-0.05, 0) is 50.5 Å². The maximum atomic E-state index is 12.9. The predicted octanol–water partition coefficient (Wildman–Crippen LogP) is 3.30. The molecular formula is C13H23F2N. The number of rotatable bonds is 2. The fourth-order valence-corrected chi connectivity index (χ4v) is 3.85. The molecule has 1 aliphatic heterocycles. The summed E-state index contributed by atoms with van der Waals surface area (Å²) in [6, 6.07) is 0.520. The summed E-state index contributed by atoms with van der Waals surface area (Å²) in [5.74, 6) is 1.00. The topological polar surface area (TPSA) is 12.0 Å². The van der Waals surface area contributed by atoms with Gasteiger partial charge in [0.2, 0.25) is 6.43 Å². The van der Waals surface area contributed by atoms with Crippen LogP contribution in [0, 0.1) is 23.7 Å². The summed E-state index contributed by atoms with van der Waals surface area (Å²) in [5, 5.41) is 3.48. The number of alkyl halides is 2. The molecule has 94 valence electrons. The van der Waals surface area contributed by atoms with E-state index < -0.39 is 12.3 Å². The third-order valence-corrected chi connectivity index (χ3v) is 4.83. The highest BCUT2D eigenvalue weighted by Crippen LogP contribution is 2.45. The Morgan fingerprint density at radius 2 is 1.88 bits per heavy atom. The van der Waals surface area contributed by atoms with Crippen molar-refractivity contribution in [2.24, 2.45) is 23.7 Å². The number of hydrogen-bond acceptors (Lipinski definition) is 1. The van der Waals surface area contributed by atoms with E-state index in [1.807, 2.05) is 0 Å². The lowest BCUT2D eigenvalue weighted by atomic mass is 9.63. The molecular weight excluding hydrogens is 208 g/mol. The average Bonchev–Trinajstić information content (AvgIpc) is 2.28. The summed E-state index contributed by atoms with van der Waals surface area (Å²) in [5.41, 5.74) is 0. The van der Waals surface area contributed by atoms with Gasteiger partial charge in [0.05, 0.1) is 0 Å². The van der Waals surface area contributed by atoms with Crippen LogP contribution in [0.4, 0.5) is 8.78 Å². The molecule has 2 rings (SSSR count). The summed E-state index contributed by atoms with van der Waals surface area (Å²) in [6.45, 7) is 4.96. The number of hydrogen-bond donors (Lipinski definition) is 1. The summed E-state index contributed by atoms with van der Waals surface area (Å²) in [4.78, 5) is 0. The monoisotopic (exact) mass is 231 g/mol. The van der Waals surface area contributed by atoms with Crippen LogP contribution in [-0.2, 0) is 0 Å². The average molecular weight is 231 g/mol. The molecule has 0 aromatic rings. The number of nitrogens with one attached hydrogen (secondary N) is 1. The summed E-state index contributed by atoms with van der Waals surface area (Å²) in [6.07, 6.45) is 2.32. The number of halogens is 2. The standard InChI is InChI=1S/C13H23F2N/c1-8(13(14)15)10-4-3-5-11-9(2)16-7-6-12(10)11/h8-13,16H,3-7H2,1-2H3. The Labute approximate surface area is 97.0 Å². The van der Waals surface area contributed by atoms with Crippen LogP contribution in [0.2, 0.25) is 0 Å². The van der Waals surface area contributed by atoms with Gasteiger partial charge in [-0.1, -0.05) is 13.3 Å². The molecule has 16 heavy (non-hydrogen) atoms. The van der Waals surface area contributed by atoms with E-state index in [9.17, 15) is 8.78 Å². The van der Waals surface area contributed by atoms with Gasteiger partial charge in [-0.15, -0.1) is 0 Å². The Morgan fingerprint density at radius 3 is 2.56 bits per heavy atom. The third kappa shape index (κ3) is 2.24. The van der Waals surface area contributed by atoms with Crippen molar-refractivity contribution in [3.05, 3.63) is 0 Å². The lowest BCUT2D eigenvalue weighted by Crippen LogP contribution is -2.49. The van der Waals surface area contributed by atoms with E-state index in [-0.39, 0.29) is 5.92 Å². The third-order valence-electron chi connectivity index (χ3n) is 4.83. The molecule has 0 aromatic carbocycles. The Bertz CT molecular complexity index is 230. The molecule has 2 aliphatic rings. The van der Waals surface area contributed by atoms with Crippen LogP contribution >= 0.6 is 0 Å². The van der Waals surface area contributed by atoms with Crippen molar-refractivity contribution in [1.82, 2.24) is 5.32 Å². The van der Waals surface area contributed by atoms with Gasteiger partial charge >= 0.3 is 0 Å². The van der Waals surface area contributed by atoms with Crippen LogP contribution in [0.15, 0.2) is 0 Å². The van der Waals surface area contributed by atoms with Crippen molar-refractivity contribution in [3.63, 3.8) is 0 Å². The van der Waals surface area contributed by atoms with Gasteiger partial charge in [-0.25, -0.2) is 8.78 Å². The first-order chi connectivity index (χ1) is 7.61. The van der Waals surface area contributed by atoms with E-state index in [2.05, 4.69) is 12.2 Å². The van der Waals surface area contributed by atoms with Crippen LogP contribution in [0.25, 0.3) is 0 Å². The highest BCUT2D eigenvalue weighted by Gasteiger charge is 2.42. The molecule has 1 saturated carbocycles. The minimum absolute atomic E-state index is 0.253. The summed E-state index contributed by atoms with van der Waals surface area (Å²) in [7, 11) is 0. The molecule has 3 heteroatoms. The Kier molecular flexibility index (Phi) is 3.83. The molecule has 0 amide bonds. The summed E-state index contributed by atoms with van der Waals surface area (Å²) >= 11 is 0. The molecule has 1 N–H and O–H groups in total. The molecule has 1 heterocycles. The first-order valence-electron chi connectivity index (χ1n) is 6.62. The lowest BCUT2D eigenvalue weighted by Gasteiger charge is -2.47. The van der Waals surface area contributed by atoms with Crippen molar-refractivity contribution in [1.29, 1.82) is 0 Å². The quantitative estimate of drug-likeness (QED) is 0.769. The van der Waals surface area contributed by atoms with Crippen LogP contribution in [-0.4, -0.2) is 19.0 Å². The first kappa shape index (κ1) is 12.3. The van der Waals surface area contributed by atoms with Crippen molar-refractivity contribution >= 4 is 0 Å². The van der Waals surface area contributed by atoms with Gasteiger partial charge in [-0.3, -0.25) is 0 Å². The number of fused-ring (bicyclic) bond motifs is 1. The second kappa shape index (κ2) is 4.99. The molecule has 5 unspecified atom stereocenters. The molecule has 2 fully saturated rings. The van der Waals surface area contributed by atoms with Crippen LogP contribution in [0.1, 0.15) is 39.5 Å². The Hall–Kier alpha value is -0.180.